The lowest BCUT2D eigenvalue weighted by atomic mass is 10.0. The highest BCUT2D eigenvalue weighted by molar-refractivity contribution is 6.25. The van der Waals surface area contributed by atoms with Gasteiger partial charge in [0, 0.05) is 124 Å². The number of carbonyl (C=O) groups excluding carboxylic acids is 5. The number of para-hydroxylation sites is 1. The van der Waals surface area contributed by atoms with E-state index < -0.39 is 35.5 Å². The molecule has 5 amide bonds. The number of halogens is 1. The molecule has 10 heterocycles. The van der Waals surface area contributed by atoms with Gasteiger partial charge in [0.05, 0.1) is 45.8 Å². The monoisotopic (exact) mass is 1760 g/mol. The topological polar surface area (TPSA) is 485 Å². The van der Waals surface area contributed by atoms with Crippen molar-refractivity contribution in [3.05, 3.63) is 347 Å². The molecule has 7 aromatic carbocycles. The SMILES string of the molecule is Cc1cc(C)cc(-c2ncn(/C=C(/C(N)=O)c3ccc(-c4cccnc4)cc3)n2)c1.Cc1cc(C)cc(-c2ncn(/C=C(/C(N)=O)c3cccnc3F)n2)c1.Cc1cc(C)cc(-c2ncn(/C=C(/C(N)=O)c3ccnnc3)n2)c1.Cc1cc(C)cc(-c2ncn(/C=C(/C(N)=O)c3cnc(N)nc3)n2)c1.Cc1cc(C)cc(-c2ncn(/C=C(/C(N)=O)c3cnc4ccccc4c3)n2)c1. The van der Waals surface area contributed by atoms with Crippen molar-refractivity contribution in [1.29, 1.82) is 0 Å². The van der Waals surface area contributed by atoms with Gasteiger partial charge in [-0.05, 0) is 183 Å². The van der Waals surface area contributed by atoms with E-state index in [0.29, 0.717) is 62.5 Å². The van der Waals surface area contributed by atoms with E-state index in [9.17, 15) is 28.4 Å². The van der Waals surface area contributed by atoms with Crippen LogP contribution in [0.25, 0.3) is 138 Å². The Hall–Kier alpha value is -18.1. The van der Waals surface area contributed by atoms with Crippen molar-refractivity contribution in [2.75, 3.05) is 5.73 Å². The van der Waals surface area contributed by atoms with Crippen LogP contribution in [0, 0.1) is 75.2 Å². The predicted octanol–water partition coefficient (Wildman–Crippen LogP) is 13.5. The smallest absolute Gasteiger partial charge is 0.251 e. The molecule has 132 heavy (non-hydrogen) atoms. The maximum absolute atomic E-state index is 13.9. The fourth-order valence-electron chi connectivity index (χ4n) is 14.0. The number of carbonyl (C=O) groups is 5. The average Bonchev–Trinajstić information content (AvgIpc) is 1.82. The highest BCUT2D eigenvalue weighted by Gasteiger charge is 2.20. The van der Waals surface area contributed by atoms with Gasteiger partial charge in [0.25, 0.3) is 29.5 Å². The number of hydrogen-bond donors (Lipinski definition) is 6. The summed E-state index contributed by atoms with van der Waals surface area (Å²) in [7, 11) is 0. The number of nitrogen functional groups attached to an aromatic ring is 1. The third-order valence-corrected chi connectivity index (χ3v) is 19.6. The van der Waals surface area contributed by atoms with Gasteiger partial charge >= 0.3 is 0 Å². The normalized spacial score (nSPS) is 11.6. The Labute approximate surface area is 756 Å². The summed E-state index contributed by atoms with van der Waals surface area (Å²) in [5.74, 6) is -0.926. The number of aromatic nitrogens is 22. The van der Waals surface area contributed by atoms with Crippen LogP contribution in [0.4, 0.5) is 10.3 Å². The molecule has 10 aromatic heterocycles. The number of amides is 5. The second kappa shape index (κ2) is 41.8. The van der Waals surface area contributed by atoms with Crippen LogP contribution in [-0.2, 0) is 24.0 Å². The van der Waals surface area contributed by atoms with Crippen LogP contribution >= 0.6 is 0 Å². The maximum Gasteiger partial charge on any atom is 0.251 e. The summed E-state index contributed by atoms with van der Waals surface area (Å²) in [5.41, 5.74) is 55.2. The van der Waals surface area contributed by atoms with Gasteiger partial charge in [0.2, 0.25) is 11.9 Å². The van der Waals surface area contributed by atoms with E-state index in [1.165, 1.54) is 104 Å². The molecule has 0 unspecified atom stereocenters. The molecule has 0 saturated heterocycles. The molecular weight excluding hydrogens is 1670 g/mol. The van der Waals surface area contributed by atoms with Crippen molar-refractivity contribution >= 4 is 105 Å². The first kappa shape index (κ1) is 91.6. The molecule has 33 nitrogen and oxygen atoms in total. The zero-order valence-electron chi connectivity index (χ0n) is 73.4. The summed E-state index contributed by atoms with van der Waals surface area (Å²) >= 11 is 0. The number of nitrogens with zero attached hydrogens (tertiary/aromatic N) is 22. The van der Waals surface area contributed by atoms with E-state index in [1.807, 2.05) is 197 Å². The number of fused-ring (bicyclic) bond motifs is 1. The molecule has 17 rings (SSSR count). The summed E-state index contributed by atoms with van der Waals surface area (Å²) in [5, 5.41) is 30.4. The first-order valence-corrected chi connectivity index (χ1v) is 40.8. The van der Waals surface area contributed by atoms with Gasteiger partial charge < -0.3 is 34.4 Å². The van der Waals surface area contributed by atoms with Crippen molar-refractivity contribution < 1.29 is 28.4 Å². The number of primary amides is 5. The molecule has 34 heteroatoms. The lowest BCUT2D eigenvalue weighted by Crippen LogP contribution is -2.15. The minimum absolute atomic E-state index is 0.0125. The number of benzene rings is 7. The van der Waals surface area contributed by atoms with Crippen LogP contribution in [0.2, 0.25) is 0 Å². The van der Waals surface area contributed by atoms with Crippen molar-refractivity contribution in [3.8, 4) is 68.1 Å². The van der Waals surface area contributed by atoms with Gasteiger partial charge in [0.1, 0.15) is 31.6 Å². The minimum atomic E-state index is -0.782. The molecule has 0 spiro atoms. The van der Waals surface area contributed by atoms with Gasteiger partial charge in [-0.1, -0.05) is 134 Å². The third kappa shape index (κ3) is 24.3. The van der Waals surface area contributed by atoms with Gasteiger partial charge in [-0.3, -0.25) is 33.9 Å². The Morgan fingerprint density at radius 1 is 0.288 bits per heavy atom. The zero-order valence-corrected chi connectivity index (χ0v) is 73.4. The van der Waals surface area contributed by atoms with Crippen LogP contribution in [0.3, 0.4) is 0 Å². The quantitative estimate of drug-likeness (QED) is 0.0287. The van der Waals surface area contributed by atoms with E-state index in [4.69, 9.17) is 34.4 Å². The van der Waals surface area contributed by atoms with E-state index in [0.717, 1.165) is 105 Å². The lowest BCUT2D eigenvalue weighted by Gasteiger charge is -2.06. The van der Waals surface area contributed by atoms with E-state index in [-0.39, 0.29) is 28.2 Å². The third-order valence-electron chi connectivity index (χ3n) is 19.6. The Kier molecular flexibility index (Phi) is 29.0. The fraction of sp³-hybridized carbons (Fsp3) is 0.102. The number of anilines is 1. The second-order valence-corrected chi connectivity index (χ2v) is 30.7. The lowest BCUT2D eigenvalue weighted by molar-refractivity contribution is -0.113. The molecule has 0 atom stereocenters. The van der Waals surface area contributed by atoms with Crippen LogP contribution in [-0.4, -0.2) is 138 Å². The highest BCUT2D eigenvalue weighted by Crippen LogP contribution is 2.29. The Bertz CT molecular complexity index is 7190. The molecule has 17 aromatic rings. The number of nitrogens with two attached hydrogens (primary N) is 6. The van der Waals surface area contributed by atoms with Gasteiger partial charge in [-0.2, -0.15) is 14.6 Å². The van der Waals surface area contributed by atoms with E-state index in [1.54, 1.807) is 49.7 Å². The predicted molar refractivity (Wildman–Crippen MR) is 506 cm³/mol. The summed E-state index contributed by atoms with van der Waals surface area (Å²) in [6, 6.07) is 56.1. The van der Waals surface area contributed by atoms with Gasteiger partial charge in [-0.15, -0.1) is 25.5 Å². The standard InChI is InChI=1S/C24H21N5O.C22H19N5O.C18H16FN5O.C17H17N7O.C17H16N6O/c1-16-10-17(2)12-21(11-16)24-27-15-29(28-24)14-22(23(25)30)19-7-5-18(6-8-19)20-4-3-9-26-13-20;1-14-7-15(2)9-17(8-14)22-25-13-27(26-22)12-19(21(23)28)18-10-16-5-3-4-6-20(16)24-11-18;1-11-6-12(2)8-13(7-11)18-22-10-24(23-18)9-15(17(20)25)14-4-3-5-21-16(14)19;1-10-3-11(2)5-12(4-10)16-22-9-24(23-16)8-14(15(18)25)13-6-20-17(19)21-7-13;1-11-5-12(2)7-14(6-11)17-19-10-23(22-17)9-15(16(18)24)13-3-4-20-21-8-13/h3-15H,1-2H3,(H2,25,30);3-13H,1-2H3,(H2,23,28);3-10H,1-2H3,(H2,20,25);3-9H,1-2H3,(H2,18,25)(H2,19,20,21);3-10H,1-2H3,(H2,18,24)/b22-14+;19-12+;15-9+;14-8+;15-9+. The minimum Gasteiger partial charge on any atom is -0.368 e. The molecule has 12 N–H and O–H groups in total. The largest absolute Gasteiger partial charge is 0.368 e. The summed E-state index contributed by atoms with van der Waals surface area (Å²) < 4.78 is 21.1. The van der Waals surface area contributed by atoms with Crippen molar-refractivity contribution in [1.82, 2.24) is 109 Å². The number of aryl methyl sites for hydroxylation is 10. The fourth-order valence-corrected chi connectivity index (χ4v) is 14.0. The van der Waals surface area contributed by atoms with Crippen molar-refractivity contribution in [3.63, 3.8) is 0 Å². The van der Waals surface area contributed by atoms with Crippen LogP contribution in [0.15, 0.2) is 257 Å². The molecule has 0 bridgehead atoms. The van der Waals surface area contributed by atoms with Crippen molar-refractivity contribution in [2.24, 2.45) is 28.7 Å². The Morgan fingerprint density at radius 3 is 0.992 bits per heavy atom. The molecule has 0 aliphatic heterocycles. The van der Waals surface area contributed by atoms with Crippen LogP contribution < -0.4 is 34.4 Å². The Morgan fingerprint density at radius 2 is 0.636 bits per heavy atom. The summed E-state index contributed by atoms with van der Waals surface area (Å²) in [6.45, 7) is 20.2. The number of pyridine rings is 3. The number of rotatable bonds is 21. The van der Waals surface area contributed by atoms with E-state index >= 15 is 0 Å². The summed E-state index contributed by atoms with van der Waals surface area (Å²) in [6.07, 6.45) is 27.4. The molecule has 0 fully saturated rings. The average molecular weight is 1760 g/mol. The molecule has 658 valence electrons. The van der Waals surface area contributed by atoms with Crippen molar-refractivity contribution in [2.45, 2.75) is 69.2 Å². The molecule has 0 aliphatic carbocycles. The molecule has 0 aliphatic rings. The summed E-state index contributed by atoms with van der Waals surface area (Å²) in [4.78, 5) is 101. The number of hydrogen-bond acceptors (Lipinski definition) is 23. The molecule has 0 radical (unpaired) electrons. The maximum atomic E-state index is 13.9. The second-order valence-electron chi connectivity index (χ2n) is 30.7. The van der Waals surface area contributed by atoms with Crippen LogP contribution in [0.5, 0.6) is 0 Å². The first-order chi connectivity index (χ1) is 63.4. The first-order valence-electron chi connectivity index (χ1n) is 40.8. The van der Waals surface area contributed by atoms with E-state index in [2.05, 4.69) is 116 Å². The van der Waals surface area contributed by atoms with Gasteiger partial charge in [0.15, 0.2) is 29.1 Å². The molecular formula is C98H89FN28O5. The zero-order chi connectivity index (χ0) is 93.8. The molecule has 0 saturated carbocycles. The Balaban J connectivity index is 0.000000141. The van der Waals surface area contributed by atoms with Crippen LogP contribution in [0.1, 0.15) is 83.5 Å². The van der Waals surface area contributed by atoms with Gasteiger partial charge in [-0.25, -0.2) is 63.3 Å². The highest BCUT2D eigenvalue weighted by atomic mass is 19.1.